The zero-order valence-corrected chi connectivity index (χ0v) is 14.1. The number of rotatable bonds is 10. The summed E-state index contributed by atoms with van der Waals surface area (Å²) in [6.45, 7) is 1.58. The Morgan fingerprint density at radius 3 is 2.78 bits per heavy atom. The number of nitrogens with zero attached hydrogens (tertiary/aromatic N) is 2. The van der Waals surface area contributed by atoms with Gasteiger partial charge in [-0.05, 0) is 25.0 Å². The van der Waals surface area contributed by atoms with E-state index in [1.54, 1.807) is 25.7 Å². The molecule has 0 radical (unpaired) electrons. The van der Waals surface area contributed by atoms with Crippen molar-refractivity contribution in [2.45, 2.75) is 38.8 Å². The summed E-state index contributed by atoms with van der Waals surface area (Å²) in [4.78, 5) is 4.04. The van der Waals surface area contributed by atoms with E-state index in [0.29, 0.717) is 17.4 Å². The number of hydrogen-bond acceptors (Lipinski definition) is 4. The number of aliphatic hydroxyl groups excluding tert-OH is 1. The highest BCUT2D eigenvalue weighted by molar-refractivity contribution is 6.32. The lowest BCUT2D eigenvalue weighted by molar-refractivity contribution is 0.269. The topological polar surface area (TPSA) is 56.5 Å². The molecule has 0 fully saturated rings. The Morgan fingerprint density at radius 2 is 2.04 bits per heavy atom. The fourth-order valence-corrected chi connectivity index (χ4v) is 2.55. The van der Waals surface area contributed by atoms with Gasteiger partial charge in [0.15, 0.2) is 0 Å². The molecule has 23 heavy (non-hydrogen) atoms. The Labute approximate surface area is 141 Å². The molecule has 0 unspecified atom stereocenters. The van der Waals surface area contributed by atoms with Crippen LogP contribution < -0.4 is 9.47 Å². The van der Waals surface area contributed by atoms with Gasteiger partial charge in [-0.1, -0.05) is 24.4 Å². The summed E-state index contributed by atoms with van der Waals surface area (Å²) in [5, 5.41) is 9.72. The molecule has 0 bridgehead atoms. The van der Waals surface area contributed by atoms with Gasteiger partial charge in [-0.3, -0.25) is 0 Å². The molecule has 0 aliphatic heterocycles. The molecule has 0 saturated heterocycles. The van der Waals surface area contributed by atoms with Crippen LogP contribution >= 0.6 is 11.6 Å². The maximum absolute atomic E-state index is 9.15. The van der Waals surface area contributed by atoms with E-state index >= 15 is 0 Å². The highest BCUT2D eigenvalue weighted by Gasteiger charge is 2.03. The summed E-state index contributed by atoms with van der Waals surface area (Å²) < 4.78 is 12.8. The van der Waals surface area contributed by atoms with Gasteiger partial charge in [-0.25, -0.2) is 4.98 Å². The SMILES string of the molecule is COc1ccc(OCCCCCCn2cncc2CO)c(Cl)c1. The number of aliphatic hydroxyl groups is 1. The number of halogens is 1. The summed E-state index contributed by atoms with van der Waals surface area (Å²) >= 11 is 6.12. The lowest BCUT2D eigenvalue weighted by Gasteiger charge is -2.09. The number of hydrogen-bond donors (Lipinski definition) is 1. The van der Waals surface area contributed by atoms with Crippen LogP contribution in [0.1, 0.15) is 31.4 Å². The van der Waals surface area contributed by atoms with Crippen LogP contribution in [-0.2, 0) is 13.2 Å². The summed E-state index contributed by atoms with van der Waals surface area (Å²) in [5.41, 5.74) is 0.863. The van der Waals surface area contributed by atoms with Crippen molar-refractivity contribution >= 4 is 11.6 Å². The van der Waals surface area contributed by atoms with Gasteiger partial charge in [0.05, 0.1) is 43.6 Å². The van der Waals surface area contributed by atoms with Crippen LogP contribution in [0.25, 0.3) is 0 Å². The molecule has 1 N–H and O–H groups in total. The Bertz CT molecular complexity index is 601. The van der Waals surface area contributed by atoms with Crippen LogP contribution in [-0.4, -0.2) is 28.4 Å². The average Bonchev–Trinajstić information content (AvgIpc) is 3.02. The second kappa shape index (κ2) is 9.43. The van der Waals surface area contributed by atoms with Crippen molar-refractivity contribution in [2.24, 2.45) is 0 Å². The summed E-state index contributed by atoms with van der Waals surface area (Å²) in [6, 6.07) is 5.42. The normalized spacial score (nSPS) is 10.7. The third-order valence-electron chi connectivity index (χ3n) is 3.65. The molecule has 126 valence electrons. The van der Waals surface area contributed by atoms with Gasteiger partial charge in [-0.2, -0.15) is 0 Å². The number of imidazole rings is 1. The number of ether oxygens (including phenoxy) is 2. The predicted octanol–water partition coefficient (Wildman–Crippen LogP) is 3.68. The van der Waals surface area contributed by atoms with Crippen LogP contribution in [0.5, 0.6) is 11.5 Å². The summed E-state index contributed by atoms with van der Waals surface area (Å²) in [5.74, 6) is 1.42. The molecule has 0 saturated carbocycles. The fourth-order valence-electron chi connectivity index (χ4n) is 2.33. The quantitative estimate of drug-likeness (QED) is 0.671. The van der Waals surface area contributed by atoms with Gasteiger partial charge in [0, 0.05) is 12.6 Å². The van der Waals surface area contributed by atoms with Crippen molar-refractivity contribution < 1.29 is 14.6 Å². The van der Waals surface area contributed by atoms with Crippen LogP contribution in [0.4, 0.5) is 0 Å². The van der Waals surface area contributed by atoms with Crippen molar-refractivity contribution in [1.29, 1.82) is 0 Å². The Kier molecular flexibility index (Phi) is 7.23. The third kappa shape index (κ3) is 5.44. The maximum atomic E-state index is 9.15. The first kappa shape index (κ1) is 17.6. The molecule has 1 heterocycles. The number of aryl methyl sites for hydroxylation is 1. The molecule has 0 atom stereocenters. The molecule has 0 amide bonds. The lowest BCUT2D eigenvalue weighted by atomic mass is 10.2. The molecule has 1 aromatic heterocycles. The first-order valence-electron chi connectivity index (χ1n) is 7.81. The average molecular weight is 339 g/mol. The molecule has 0 aliphatic rings. The zero-order chi connectivity index (χ0) is 16.5. The number of aromatic nitrogens is 2. The minimum absolute atomic E-state index is 0.0382. The largest absolute Gasteiger partial charge is 0.497 e. The lowest BCUT2D eigenvalue weighted by Crippen LogP contribution is -2.02. The van der Waals surface area contributed by atoms with Crippen molar-refractivity contribution in [2.75, 3.05) is 13.7 Å². The molecule has 2 aromatic rings. The van der Waals surface area contributed by atoms with E-state index < -0.39 is 0 Å². The zero-order valence-electron chi connectivity index (χ0n) is 13.4. The molecule has 0 spiro atoms. The summed E-state index contributed by atoms with van der Waals surface area (Å²) in [7, 11) is 1.61. The molecule has 1 aromatic carbocycles. The first-order chi connectivity index (χ1) is 11.2. The van der Waals surface area contributed by atoms with Crippen LogP contribution in [0.15, 0.2) is 30.7 Å². The van der Waals surface area contributed by atoms with Gasteiger partial charge in [-0.15, -0.1) is 0 Å². The molecular formula is C17H23ClN2O3. The second-order valence-corrected chi connectivity index (χ2v) is 5.70. The molecular weight excluding hydrogens is 316 g/mol. The van der Waals surface area contributed by atoms with Crippen molar-refractivity contribution in [3.63, 3.8) is 0 Å². The minimum Gasteiger partial charge on any atom is -0.497 e. The van der Waals surface area contributed by atoms with Crippen LogP contribution in [0.2, 0.25) is 5.02 Å². The number of methoxy groups -OCH3 is 1. The van der Waals surface area contributed by atoms with Crippen molar-refractivity contribution in [1.82, 2.24) is 9.55 Å². The number of benzene rings is 1. The molecule has 2 rings (SSSR count). The Hall–Kier alpha value is -1.72. The molecule has 5 nitrogen and oxygen atoms in total. The molecule has 0 aliphatic carbocycles. The van der Waals surface area contributed by atoms with Crippen molar-refractivity contribution in [3.05, 3.63) is 41.4 Å². The van der Waals surface area contributed by atoms with Crippen LogP contribution in [0.3, 0.4) is 0 Å². The Morgan fingerprint density at radius 1 is 1.22 bits per heavy atom. The van der Waals surface area contributed by atoms with E-state index in [-0.39, 0.29) is 6.61 Å². The minimum atomic E-state index is 0.0382. The fraction of sp³-hybridized carbons (Fsp3) is 0.471. The van der Waals surface area contributed by atoms with Crippen molar-refractivity contribution in [3.8, 4) is 11.5 Å². The highest BCUT2D eigenvalue weighted by Crippen LogP contribution is 2.28. The van der Waals surface area contributed by atoms with Gasteiger partial charge in [0.1, 0.15) is 11.5 Å². The van der Waals surface area contributed by atoms with E-state index in [1.165, 1.54) is 0 Å². The van der Waals surface area contributed by atoms with E-state index in [0.717, 1.165) is 43.7 Å². The summed E-state index contributed by atoms with van der Waals surface area (Å²) in [6.07, 6.45) is 7.72. The van der Waals surface area contributed by atoms with Gasteiger partial charge >= 0.3 is 0 Å². The first-order valence-corrected chi connectivity index (χ1v) is 8.18. The number of unbranched alkanes of at least 4 members (excludes halogenated alkanes) is 3. The van der Waals surface area contributed by atoms with Gasteiger partial charge in [0.2, 0.25) is 0 Å². The monoisotopic (exact) mass is 338 g/mol. The maximum Gasteiger partial charge on any atom is 0.138 e. The van der Waals surface area contributed by atoms with E-state index in [1.807, 2.05) is 16.7 Å². The van der Waals surface area contributed by atoms with Gasteiger partial charge < -0.3 is 19.1 Å². The van der Waals surface area contributed by atoms with E-state index in [2.05, 4.69) is 4.98 Å². The van der Waals surface area contributed by atoms with E-state index in [9.17, 15) is 0 Å². The predicted molar refractivity (Wildman–Crippen MR) is 90.1 cm³/mol. The second-order valence-electron chi connectivity index (χ2n) is 5.30. The van der Waals surface area contributed by atoms with Gasteiger partial charge in [0.25, 0.3) is 0 Å². The molecule has 6 heteroatoms. The van der Waals surface area contributed by atoms with Crippen LogP contribution in [0, 0.1) is 0 Å². The Balaban J connectivity index is 1.59. The highest BCUT2D eigenvalue weighted by atomic mass is 35.5. The standard InChI is InChI=1S/C17H23ClN2O3/c1-22-15-6-7-17(16(18)10-15)23-9-5-3-2-4-8-20-13-19-11-14(20)12-21/h6-7,10-11,13,21H,2-5,8-9,12H2,1H3. The third-order valence-corrected chi connectivity index (χ3v) is 3.95. The smallest absolute Gasteiger partial charge is 0.138 e. The van der Waals surface area contributed by atoms with E-state index in [4.69, 9.17) is 26.2 Å².